The summed E-state index contributed by atoms with van der Waals surface area (Å²) >= 11 is 0. The lowest BCUT2D eigenvalue weighted by Crippen LogP contribution is -1.62. The lowest BCUT2D eigenvalue weighted by Gasteiger charge is -1.82. The Hall–Kier alpha value is -1.02. The highest BCUT2D eigenvalue weighted by Gasteiger charge is 2.21. The topological polar surface area (TPSA) is 12.5 Å². The van der Waals surface area contributed by atoms with Gasteiger partial charge in [-0.3, -0.25) is 0 Å². The van der Waals surface area contributed by atoms with Crippen LogP contribution in [0.2, 0.25) is 0 Å². The first kappa shape index (κ1) is 5.74. The maximum atomic E-state index is 5.15. The first-order chi connectivity index (χ1) is 4.92. The number of hydrogen-bond donors (Lipinski definition) is 0. The van der Waals surface area contributed by atoms with Crippen LogP contribution in [0.5, 0.6) is 11.5 Å². The molecular formula is C8H5OSi. The van der Waals surface area contributed by atoms with Crippen molar-refractivity contribution in [2.45, 2.75) is 0 Å². The Balaban J connectivity index is 2.46. The van der Waals surface area contributed by atoms with Crippen LogP contribution < -0.4 is 4.74 Å². The maximum Gasteiger partial charge on any atom is 0.177 e. The predicted octanol–water partition coefficient (Wildman–Crippen LogP) is 1.93. The van der Waals surface area contributed by atoms with Crippen LogP contribution in [-0.2, 0) is 0 Å². The lowest BCUT2D eigenvalue weighted by molar-refractivity contribution is 0.649. The van der Waals surface area contributed by atoms with Crippen molar-refractivity contribution in [1.29, 1.82) is 0 Å². The number of rotatable bonds is 1. The Kier molecular flexibility index (Phi) is 1.14. The van der Waals surface area contributed by atoms with Crippen molar-refractivity contribution in [3.63, 3.8) is 0 Å². The molecular weight excluding hydrogens is 140 g/mol. The summed E-state index contributed by atoms with van der Waals surface area (Å²) in [5.41, 5.74) is 2.95. The van der Waals surface area contributed by atoms with Gasteiger partial charge in [-0.25, -0.2) is 0 Å². The molecule has 3 radical (unpaired) electrons. The number of ether oxygens (including phenoxy) is 1. The van der Waals surface area contributed by atoms with Gasteiger partial charge in [0.25, 0.3) is 0 Å². The minimum atomic E-state index is 1.00. The molecule has 0 atom stereocenters. The van der Waals surface area contributed by atoms with Crippen molar-refractivity contribution in [3.8, 4) is 11.5 Å². The smallest absolute Gasteiger partial charge is 0.177 e. The Morgan fingerprint density at radius 1 is 1.40 bits per heavy atom. The van der Waals surface area contributed by atoms with Gasteiger partial charge in [-0.15, -0.1) is 5.70 Å². The SMILES string of the molecule is [Si]C=Cc1cccc2c1O2. The average Bonchev–Trinajstić information content (AvgIpc) is 2.67. The minimum Gasteiger partial charge on any atom is -0.449 e. The molecule has 0 amide bonds. The van der Waals surface area contributed by atoms with Gasteiger partial charge in [-0.1, -0.05) is 18.2 Å². The second kappa shape index (κ2) is 1.99. The molecule has 1 heterocycles. The fourth-order valence-electron chi connectivity index (χ4n) is 0.931. The van der Waals surface area contributed by atoms with Gasteiger partial charge in [-0.05, 0) is 6.07 Å². The van der Waals surface area contributed by atoms with Gasteiger partial charge < -0.3 is 4.74 Å². The third kappa shape index (κ3) is 0.771. The van der Waals surface area contributed by atoms with Crippen molar-refractivity contribution in [2.75, 3.05) is 0 Å². The molecule has 2 rings (SSSR count). The zero-order chi connectivity index (χ0) is 6.97. The van der Waals surface area contributed by atoms with Gasteiger partial charge in [0.05, 0.1) is 10.2 Å². The molecule has 0 saturated carbocycles. The largest absolute Gasteiger partial charge is 0.449 e. The number of hydrogen-bond acceptors (Lipinski definition) is 1. The van der Waals surface area contributed by atoms with E-state index < -0.39 is 0 Å². The monoisotopic (exact) mass is 145 g/mol. The van der Waals surface area contributed by atoms with Crippen molar-refractivity contribution < 1.29 is 4.74 Å². The molecule has 0 aromatic heterocycles. The molecule has 47 valence electrons. The summed E-state index contributed by atoms with van der Waals surface area (Å²) in [4.78, 5) is 0. The number of para-hydroxylation sites is 1. The molecule has 0 unspecified atom stereocenters. The van der Waals surface area contributed by atoms with Crippen molar-refractivity contribution in [2.24, 2.45) is 0 Å². The normalized spacial score (nSPS) is 12.9. The fraction of sp³-hybridized carbons (Fsp3) is 0. The highest BCUT2D eigenvalue weighted by atomic mass is 28.1. The number of benzene rings is 1. The summed E-state index contributed by atoms with van der Waals surface area (Å²) in [5.74, 6) is 2.01. The Morgan fingerprint density at radius 2 is 2.30 bits per heavy atom. The summed E-state index contributed by atoms with van der Waals surface area (Å²) in [6.07, 6.45) is 1.96. The summed E-state index contributed by atoms with van der Waals surface area (Å²) < 4.78 is 5.15. The molecule has 1 aromatic rings. The van der Waals surface area contributed by atoms with Gasteiger partial charge in [0, 0.05) is 5.56 Å². The average molecular weight is 145 g/mol. The first-order valence-corrected chi connectivity index (χ1v) is 3.64. The second-order valence-electron chi connectivity index (χ2n) is 2.11. The standard InChI is InChI=1S/C8H5OSi/c10-5-4-6-2-1-3-7-8(6)9-7/h1-5H. The van der Waals surface area contributed by atoms with Gasteiger partial charge in [0.2, 0.25) is 0 Å². The van der Waals surface area contributed by atoms with E-state index in [1.165, 1.54) is 0 Å². The Morgan fingerprint density at radius 3 is 3.10 bits per heavy atom. The van der Waals surface area contributed by atoms with E-state index in [0.717, 1.165) is 17.1 Å². The molecule has 10 heavy (non-hydrogen) atoms. The third-order valence-corrected chi connectivity index (χ3v) is 1.61. The Labute approximate surface area is 62.8 Å². The van der Waals surface area contributed by atoms with Gasteiger partial charge >= 0.3 is 0 Å². The fourth-order valence-corrected chi connectivity index (χ4v) is 1.11. The zero-order valence-electron chi connectivity index (χ0n) is 5.29. The van der Waals surface area contributed by atoms with Crippen LogP contribution in [0.1, 0.15) is 5.56 Å². The lowest BCUT2D eigenvalue weighted by atomic mass is 10.2. The van der Waals surface area contributed by atoms with Gasteiger partial charge in [-0.2, -0.15) is 0 Å². The molecule has 0 saturated heterocycles. The zero-order valence-corrected chi connectivity index (χ0v) is 6.29. The maximum absolute atomic E-state index is 5.15. The van der Waals surface area contributed by atoms with E-state index in [-0.39, 0.29) is 0 Å². The Bertz CT molecular complexity index is 291. The van der Waals surface area contributed by atoms with Crippen LogP contribution in [0.4, 0.5) is 0 Å². The quantitative estimate of drug-likeness (QED) is 0.441. The van der Waals surface area contributed by atoms with E-state index in [1.54, 1.807) is 0 Å². The summed E-state index contributed by atoms with van der Waals surface area (Å²) in [6, 6.07) is 5.95. The highest BCUT2D eigenvalue weighted by molar-refractivity contribution is 6.19. The van der Waals surface area contributed by atoms with Crippen LogP contribution in [0.25, 0.3) is 6.08 Å². The summed E-state index contributed by atoms with van der Waals surface area (Å²) in [5, 5.41) is 0. The molecule has 0 spiro atoms. The minimum absolute atomic E-state index is 1.00. The second-order valence-corrected chi connectivity index (χ2v) is 2.44. The van der Waals surface area contributed by atoms with Crippen molar-refractivity contribution in [3.05, 3.63) is 29.5 Å². The van der Waals surface area contributed by atoms with Crippen LogP contribution in [0.15, 0.2) is 23.9 Å². The molecule has 0 aliphatic carbocycles. The number of fused-ring (bicyclic) bond motifs is 1. The van der Waals surface area contributed by atoms with E-state index >= 15 is 0 Å². The molecule has 1 nitrogen and oxygen atoms in total. The van der Waals surface area contributed by atoms with Crippen LogP contribution in [0, 0.1) is 0 Å². The molecule has 1 aliphatic rings. The highest BCUT2D eigenvalue weighted by Crippen LogP contribution is 2.48. The van der Waals surface area contributed by atoms with Crippen LogP contribution in [-0.4, -0.2) is 10.2 Å². The van der Waals surface area contributed by atoms with Crippen molar-refractivity contribution >= 4 is 16.3 Å². The molecule has 1 aliphatic heterocycles. The summed E-state index contributed by atoms with van der Waals surface area (Å²) in [6.45, 7) is 0. The molecule has 2 heteroatoms. The van der Waals surface area contributed by atoms with Crippen LogP contribution in [0.3, 0.4) is 0 Å². The van der Waals surface area contributed by atoms with Crippen molar-refractivity contribution in [1.82, 2.24) is 0 Å². The van der Waals surface area contributed by atoms with Crippen LogP contribution >= 0.6 is 0 Å². The third-order valence-electron chi connectivity index (χ3n) is 1.44. The van der Waals surface area contributed by atoms with Gasteiger partial charge in [0.15, 0.2) is 11.5 Å². The molecule has 0 fully saturated rings. The first-order valence-electron chi connectivity index (χ1n) is 3.06. The predicted molar refractivity (Wildman–Crippen MR) is 41.3 cm³/mol. The molecule has 0 N–H and O–H groups in total. The molecule has 0 bridgehead atoms. The van der Waals surface area contributed by atoms with E-state index in [2.05, 4.69) is 10.2 Å². The van der Waals surface area contributed by atoms with E-state index in [0.29, 0.717) is 0 Å². The van der Waals surface area contributed by atoms with Gasteiger partial charge in [0.1, 0.15) is 0 Å². The van der Waals surface area contributed by atoms with E-state index in [4.69, 9.17) is 4.74 Å². The summed E-state index contributed by atoms with van der Waals surface area (Å²) in [7, 11) is 3.25. The van der Waals surface area contributed by atoms with E-state index in [1.807, 2.05) is 30.0 Å². The van der Waals surface area contributed by atoms with E-state index in [9.17, 15) is 0 Å². The molecule has 1 aromatic carbocycles.